The van der Waals surface area contributed by atoms with E-state index in [1.54, 1.807) is 12.1 Å². The number of hydrogen-bond donors (Lipinski definition) is 1. The highest BCUT2D eigenvalue weighted by atomic mass is 16.6. The summed E-state index contributed by atoms with van der Waals surface area (Å²) >= 11 is 0. The molecule has 2 aliphatic carbocycles. The second-order valence-corrected chi connectivity index (χ2v) is 7.19. The van der Waals surface area contributed by atoms with Gasteiger partial charge in [0.2, 0.25) is 0 Å². The van der Waals surface area contributed by atoms with Gasteiger partial charge in [-0.1, -0.05) is 25.3 Å². The van der Waals surface area contributed by atoms with E-state index in [0.29, 0.717) is 29.8 Å². The summed E-state index contributed by atoms with van der Waals surface area (Å²) in [5, 5.41) is 10.9. The van der Waals surface area contributed by atoms with E-state index in [1.807, 2.05) is 0 Å². The molecule has 8 heteroatoms. The third-order valence-electron chi connectivity index (χ3n) is 5.49. The Balaban J connectivity index is 1.65. The summed E-state index contributed by atoms with van der Waals surface area (Å²) in [6.07, 6.45) is 5.52. The van der Waals surface area contributed by atoms with Gasteiger partial charge in [-0.2, -0.15) is 0 Å². The maximum Gasteiger partial charge on any atom is 0.328 e. The van der Waals surface area contributed by atoms with Crippen molar-refractivity contribution in [3.63, 3.8) is 0 Å². The first kappa shape index (κ1) is 17.5. The van der Waals surface area contributed by atoms with Crippen molar-refractivity contribution in [3.8, 4) is 5.75 Å². The van der Waals surface area contributed by atoms with Crippen LogP contribution in [-0.2, 0) is 6.42 Å². The Labute approximate surface area is 155 Å². The molecule has 27 heavy (non-hydrogen) atoms. The zero-order valence-corrected chi connectivity index (χ0v) is 14.8. The summed E-state index contributed by atoms with van der Waals surface area (Å²) in [4.78, 5) is 38.8. The van der Waals surface area contributed by atoms with Crippen LogP contribution in [0.4, 0.5) is 5.69 Å². The van der Waals surface area contributed by atoms with Crippen LogP contribution in [0.1, 0.15) is 61.9 Å². The third-order valence-corrected chi connectivity index (χ3v) is 5.49. The van der Waals surface area contributed by atoms with Crippen LogP contribution in [0.15, 0.2) is 33.9 Å². The van der Waals surface area contributed by atoms with E-state index in [2.05, 4.69) is 4.98 Å². The van der Waals surface area contributed by atoms with Crippen molar-refractivity contribution in [1.82, 2.24) is 9.55 Å². The van der Waals surface area contributed by atoms with Crippen LogP contribution in [0.2, 0.25) is 0 Å². The molecule has 2 aromatic rings. The summed E-state index contributed by atoms with van der Waals surface area (Å²) < 4.78 is 7.25. The first-order valence-corrected chi connectivity index (χ1v) is 9.33. The molecule has 0 amide bonds. The van der Waals surface area contributed by atoms with Gasteiger partial charge >= 0.3 is 5.69 Å². The maximum atomic E-state index is 12.9. The molecule has 0 aliphatic heterocycles. The largest absolute Gasteiger partial charge is 0.484 e. The van der Waals surface area contributed by atoms with Crippen molar-refractivity contribution in [2.75, 3.05) is 0 Å². The van der Waals surface area contributed by atoms with Crippen molar-refractivity contribution in [1.29, 1.82) is 0 Å². The van der Waals surface area contributed by atoms with Gasteiger partial charge in [-0.05, 0) is 31.7 Å². The lowest BCUT2D eigenvalue weighted by Gasteiger charge is -2.23. The summed E-state index contributed by atoms with van der Waals surface area (Å²) in [6.45, 7) is 0. The Hall–Kier alpha value is -2.90. The fraction of sp³-hybridized carbons (Fsp3) is 0.474. The molecule has 0 spiro atoms. The summed E-state index contributed by atoms with van der Waals surface area (Å²) in [5.74, 6) is 0.347. The molecule has 1 atom stereocenters. The summed E-state index contributed by atoms with van der Waals surface area (Å²) in [5.41, 5.74) is 0.428. The first-order valence-electron chi connectivity index (χ1n) is 9.33. The van der Waals surface area contributed by atoms with E-state index >= 15 is 0 Å². The van der Waals surface area contributed by atoms with Gasteiger partial charge in [0, 0.05) is 17.7 Å². The number of non-ortho nitro benzene ring substituents is 1. The van der Waals surface area contributed by atoms with Crippen molar-refractivity contribution < 1.29 is 9.66 Å². The van der Waals surface area contributed by atoms with Gasteiger partial charge in [-0.25, -0.2) is 4.79 Å². The van der Waals surface area contributed by atoms with Crippen LogP contribution in [0.25, 0.3) is 0 Å². The van der Waals surface area contributed by atoms with Crippen LogP contribution in [-0.4, -0.2) is 14.5 Å². The van der Waals surface area contributed by atoms with Crippen LogP contribution < -0.4 is 16.0 Å². The standard InChI is InChI=1S/C19H21N3O5/c23-18-15-9-10-16(27-14-8-4-7-13(11-14)22(25)26)17(15)20-19(24)21(18)12-5-2-1-3-6-12/h4,7-8,11-12,16H,1-3,5-6,9-10H2,(H,20,24). The average molecular weight is 371 g/mol. The van der Waals surface area contributed by atoms with Crippen LogP contribution in [0, 0.1) is 10.1 Å². The van der Waals surface area contributed by atoms with Gasteiger partial charge in [-0.3, -0.25) is 19.5 Å². The molecule has 1 aromatic heterocycles. The number of nitro groups is 1. The first-order chi connectivity index (χ1) is 13.0. The number of H-pyrrole nitrogens is 1. The summed E-state index contributed by atoms with van der Waals surface area (Å²) in [6, 6.07) is 5.89. The molecule has 1 fully saturated rings. The molecule has 1 aromatic carbocycles. The SMILES string of the molecule is O=c1[nH]c2c(c(=O)n1C1CCCCC1)CCC2Oc1cccc([N+](=O)[O-])c1. The number of rotatable bonds is 4. The fourth-order valence-electron chi connectivity index (χ4n) is 4.16. The molecular weight excluding hydrogens is 350 g/mol. The van der Waals surface area contributed by atoms with Gasteiger partial charge < -0.3 is 9.72 Å². The van der Waals surface area contributed by atoms with E-state index in [-0.39, 0.29) is 23.0 Å². The average Bonchev–Trinajstić information content (AvgIpc) is 3.05. The molecule has 0 radical (unpaired) electrons. The number of ether oxygens (including phenoxy) is 1. The zero-order chi connectivity index (χ0) is 19.0. The Morgan fingerprint density at radius 1 is 1.15 bits per heavy atom. The van der Waals surface area contributed by atoms with Gasteiger partial charge in [0.15, 0.2) is 0 Å². The number of aromatic nitrogens is 2. The normalized spacial score (nSPS) is 19.6. The van der Waals surface area contributed by atoms with E-state index in [9.17, 15) is 19.7 Å². The van der Waals surface area contributed by atoms with E-state index in [0.717, 1.165) is 32.1 Å². The van der Waals surface area contributed by atoms with Crippen molar-refractivity contribution in [3.05, 3.63) is 66.5 Å². The number of aromatic amines is 1. The lowest BCUT2D eigenvalue weighted by Crippen LogP contribution is -2.41. The molecular formula is C19H21N3O5. The lowest BCUT2D eigenvalue weighted by atomic mass is 9.95. The molecule has 1 saturated carbocycles. The van der Waals surface area contributed by atoms with Crippen molar-refractivity contribution in [2.24, 2.45) is 0 Å². The Bertz CT molecular complexity index is 988. The number of nitro benzene ring substituents is 1. The highest BCUT2D eigenvalue weighted by Gasteiger charge is 2.31. The van der Waals surface area contributed by atoms with Gasteiger partial charge in [-0.15, -0.1) is 0 Å². The fourth-order valence-corrected chi connectivity index (χ4v) is 4.16. The second kappa shape index (κ2) is 7.02. The number of fused-ring (bicyclic) bond motifs is 1. The monoisotopic (exact) mass is 371 g/mol. The maximum absolute atomic E-state index is 12.9. The van der Waals surface area contributed by atoms with Crippen LogP contribution in [0.5, 0.6) is 5.75 Å². The minimum atomic E-state index is -0.486. The molecule has 142 valence electrons. The van der Waals surface area contributed by atoms with E-state index in [1.165, 1.54) is 16.7 Å². The van der Waals surface area contributed by atoms with Crippen LogP contribution in [0.3, 0.4) is 0 Å². The molecule has 1 N–H and O–H groups in total. The molecule has 1 heterocycles. The number of nitrogens with zero attached hydrogens (tertiary/aromatic N) is 2. The topological polar surface area (TPSA) is 107 Å². The predicted octanol–water partition coefficient (Wildman–Crippen LogP) is 3.02. The highest BCUT2D eigenvalue weighted by Crippen LogP contribution is 2.33. The quantitative estimate of drug-likeness (QED) is 0.657. The Morgan fingerprint density at radius 2 is 1.93 bits per heavy atom. The molecule has 0 bridgehead atoms. The number of hydrogen-bond acceptors (Lipinski definition) is 5. The lowest BCUT2D eigenvalue weighted by molar-refractivity contribution is -0.385. The highest BCUT2D eigenvalue weighted by molar-refractivity contribution is 5.38. The number of benzene rings is 1. The molecule has 8 nitrogen and oxygen atoms in total. The van der Waals surface area contributed by atoms with Crippen LogP contribution >= 0.6 is 0 Å². The van der Waals surface area contributed by atoms with E-state index in [4.69, 9.17) is 4.74 Å². The Kier molecular flexibility index (Phi) is 4.55. The second-order valence-electron chi connectivity index (χ2n) is 7.19. The van der Waals surface area contributed by atoms with Gasteiger partial charge in [0.05, 0.1) is 16.7 Å². The summed E-state index contributed by atoms with van der Waals surface area (Å²) in [7, 11) is 0. The molecule has 0 saturated heterocycles. The third kappa shape index (κ3) is 3.27. The molecule has 4 rings (SSSR count). The number of nitrogens with one attached hydrogen (secondary N) is 1. The minimum Gasteiger partial charge on any atom is -0.484 e. The van der Waals surface area contributed by atoms with E-state index < -0.39 is 11.0 Å². The predicted molar refractivity (Wildman–Crippen MR) is 98.2 cm³/mol. The minimum absolute atomic E-state index is 0.0305. The van der Waals surface area contributed by atoms with Gasteiger partial charge in [0.1, 0.15) is 11.9 Å². The molecule has 1 unspecified atom stereocenters. The zero-order valence-electron chi connectivity index (χ0n) is 14.8. The van der Waals surface area contributed by atoms with Gasteiger partial charge in [0.25, 0.3) is 11.2 Å². The Morgan fingerprint density at radius 3 is 2.67 bits per heavy atom. The van der Waals surface area contributed by atoms with Crippen molar-refractivity contribution >= 4 is 5.69 Å². The van der Waals surface area contributed by atoms with Crippen molar-refractivity contribution in [2.45, 2.75) is 57.1 Å². The smallest absolute Gasteiger partial charge is 0.328 e. The molecule has 2 aliphatic rings.